The Bertz CT molecular complexity index is 1180. The fourth-order valence-electron chi connectivity index (χ4n) is 3.06. The van der Waals surface area contributed by atoms with Crippen LogP contribution in [0.5, 0.6) is 0 Å². The zero-order valence-electron chi connectivity index (χ0n) is 15.7. The van der Waals surface area contributed by atoms with Crippen molar-refractivity contribution >= 4 is 22.6 Å². The monoisotopic (exact) mass is 432 g/mol. The van der Waals surface area contributed by atoms with Crippen molar-refractivity contribution in [1.29, 1.82) is 0 Å². The van der Waals surface area contributed by atoms with Crippen molar-refractivity contribution in [2.24, 2.45) is 0 Å². The third-order valence-electron chi connectivity index (χ3n) is 4.58. The molecule has 0 aliphatic carbocycles. The van der Waals surface area contributed by atoms with Crippen molar-refractivity contribution in [2.75, 3.05) is 0 Å². The first-order chi connectivity index (χ1) is 14.4. The Labute approximate surface area is 174 Å². The molecule has 0 radical (unpaired) electrons. The number of benzene rings is 1. The van der Waals surface area contributed by atoms with E-state index in [-0.39, 0.29) is 16.5 Å². The molecule has 0 saturated heterocycles. The lowest BCUT2D eigenvalue weighted by atomic mass is 10.1. The quantitative estimate of drug-likeness (QED) is 0.354. The van der Waals surface area contributed by atoms with Crippen LogP contribution in [0.3, 0.4) is 0 Å². The van der Waals surface area contributed by atoms with E-state index in [4.69, 9.17) is 16.0 Å². The molecule has 0 spiro atoms. The van der Waals surface area contributed by atoms with Crippen LogP contribution in [0.4, 0.5) is 13.2 Å². The summed E-state index contributed by atoms with van der Waals surface area (Å²) in [6.45, 7) is 0. The van der Waals surface area contributed by atoms with E-state index in [1.807, 2.05) is 24.3 Å². The summed E-state index contributed by atoms with van der Waals surface area (Å²) in [6, 6.07) is 11.3. The summed E-state index contributed by atoms with van der Waals surface area (Å²) in [4.78, 5) is 8.79. The van der Waals surface area contributed by atoms with E-state index in [9.17, 15) is 13.2 Å². The van der Waals surface area contributed by atoms with Gasteiger partial charge in [-0.1, -0.05) is 11.6 Å². The molecule has 0 fully saturated rings. The van der Waals surface area contributed by atoms with E-state index < -0.39 is 11.7 Å². The van der Waals surface area contributed by atoms with Crippen molar-refractivity contribution in [1.82, 2.24) is 20.2 Å². The topological polar surface area (TPSA) is 64.7 Å². The lowest BCUT2D eigenvalue weighted by Crippen LogP contribution is -2.05. The van der Waals surface area contributed by atoms with E-state index in [0.29, 0.717) is 12.3 Å². The van der Waals surface area contributed by atoms with Crippen LogP contribution < -0.4 is 0 Å². The molecule has 0 aliphatic rings. The molecule has 0 N–H and O–H groups in total. The van der Waals surface area contributed by atoms with Gasteiger partial charge in [-0.3, -0.25) is 0 Å². The van der Waals surface area contributed by atoms with Gasteiger partial charge in [-0.2, -0.15) is 13.2 Å². The summed E-state index contributed by atoms with van der Waals surface area (Å²) in [7, 11) is 0. The van der Waals surface area contributed by atoms with Gasteiger partial charge in [0.2, 0.25) is 11.8 Å². The molecule has 4 rings (SSSR count). The van der Waals surface area contributed by atoms with Gasteiger partial charge in [0.1, 0.15) is 0 Å². The van der Waals surface area contributed by atoms with Gasteiger partial charge in [0.25, 0.3) is 0 Å². The first kappa shape index (κ1) is 20.3. The number of hydrogen-bond acceptors (Lipinski definition) is 5. The molecule has 1 aromatic carbocycles. The van der Waals surface area contributed by atoms with Crippen LogP contribution in [0.2, 0.25) is 5.02 Å². The second-order valence-corrected chi connectivity index (χ2v) is 7.16. The molecule has 0 atom stereocenters. The Morgan fingerprint density at radius 2 is 1.80 bits per heavy atom. The molecule has 0 aliphatic heterocycles. The Hall–Kier alpha value is -3.00. The molecule has 0 bridgehead atoms. The van der Waals surface area contributed by atoms with Crippen molar-refractivity contribution < 1.29 is 17.6 Å². The highest BCUT2D eigenvalue weighted by atomic mass is 35.5. The summed E-state index contributed by atoms with van der Waals surface area (Å²) in [5.74, 6) is 0.413. The molecular formula is C21H16ClF3N4O. The second-order valence-electron chi connectivity index (χ2n) is 6.75. The minimum atomic E-state index is -4.55. The van der Waals surface area contributed by atoms with E-state index in [1.165, 1.54) is 12.1 Å². The molecule has 154 valence electrons. The first-order valence-electron chi connectivity index (χ1n) is 9.30. The summed E-state index contributed by atoms with van der Waals surface area (Å²) in [5, 5.41) is 8.42. The third kappa shape index (κ3) is 4.59. The lowest BCUT2D eigenvalue weighted by Gasteiger charge is -2.09. The fourth-order valence-corrected chi connectivity index (χ4v) is 3.29. The Morgan fingerprint density at radius 3 is 2.63 bits per heavy atom. The molecule has 3 aromatic heterocycles. The van der Waals surface area contributed by atoms with Gasteiger partial charge in [0.05, 0.1) is 10.6 Å². The SMILES string of the molecule is FC(F)(F)c1cc(-c2nnc(CCCCc3ccc4cccnc4n3)o2)ccc1Cl. The predicted octanol–water partition coefficient (Wildman–Crippen LogP) is 5.92. The van der Waals surface area contributed by atoms with Gasteiger partial charge >= 0.3 is 6.18 Å². The standard InChI is InChI=1S/C21H16ClF3N4O/c22-17-10-8-14(12-16(17)21(23,24)25)20-29-28-18(30-20)6-2-1-5-15-9-7-13-4-3-11-26-19(13)27-15/h3-4,7-12H,1-2,5-6H2. The van der Waals surface area contributed by atoms with Gasteiger partial charge in [-0.15, -0.1) is 10.2 Å². The number of hydrogen-bond donors (Lipinski definition) is 0. The van der Waals surface area contributed by atoms with E-state index >= 15 is 0 Å². The number of nitrogens with zero attached hydrogens (tertiary/aromatic N) is 4. The number of rotatable bonds is 6. The van der Waals surface area contributed by atoms with Crippen molar-refractivity contribution in [2.45, 2.75) is 31.9 Å². The van der Waals surface area contributed by atoms with Crippen LogP contribution in [-0.4, -0.2) is 20.2 Å². The third-order valence-corrected chi connectivity index (χ3v) is 4.91. The molecule has 0 saturated carbocycles. The number of halogens is 4. The molecule has 5 nitrogen and oxygen atoms in total. The minimum Gasteiger partial charge on any atom is -0.421 e. The summed E-state index contributed by atoms with van der Waals surface area (Å²) in [5.41, 5.74) is 0.920. The van der Waals surface area contributed by atoms with E-state index in [0.717, 1.165) is 42.1 Å². The number of aromatic nitrogens is 4. The smallest absolute Gasteiger partial charge is 0.417 e. The molecule has 4 aromatic rings. The second kappa shape index (κ2) is 8.39. The summed E-state index contributed by atoms with van der Waals surface area (Å²) < 4.78 is 44.6. The van der Waals surface area contributed by atoms with Crippen LogP contribution in [0.15, 0.2) is 53.1 Å². The van der Waals surface area contributed by atoms with Crippen molar-refractivity contribution in [3.8, 4) is 11.5 Å². The van der Waals surface area contributed by atoms with Gasteiger partial charge in [-0.05, 0) is 61.7 Å². The van der Waals surface area contributed by atoms with Crippen LogP contribution in [-0.2, 0) is 19.0 Å². The summed E-state index contributed by atoms with van der Waals surface area (Å²) >= 11 is 5.65. The van der Waals surface area contributed by atoms with Gasteiger partial charge in [-0.25, -0.2) is 9.97 Å². The van der Waals surface area contributed by atoms with Crippen LogP contribution in [0.1, 0.15) is 30.0 Å². The number of unbranched alkanes of at least 4 members (excludes halogenated alkanes) is 1. The molecule has 3 heterocycles. The first-order valence-corrected chi connectivity index (χ1v) is 9.68. The molecule has 0 unspecified atom stereocenters. The van der Waals surface area contributed by atoms with Gasteiger partial charge < -0.3 is 4.42 Å². The zero-order valence-corrected chi connectivity index (χ0v) is 16.4. The highest BCUT2D eigenvalue weighted by Crippen LogP contribution is 2.37. The number of fused-ring (bicyclic) bond motifs is 1. The number of pyridine rings is 2. The highest BCUT2D eigenvalue weighted by Gasteiger charge is 2.33. The maximum atomic E-state index is 13.0. The fraction of sp³-hybridized carbons (Fsp3) is 0.238. The van der Waals surface area contributed by atoms with E-state index in [1.54, 1.807) is 6.20 Å². The lowest BCUT2D eigenvalue weighted by molar-refractivity contribution is -0.137. The minimum absolute atomic E-state index is 0.0365. The maximum Gasteiger partial charge on any atom is 0.417 e. The van der Waals surface area contributed by atoms with Gasteiger partial charge in [0.15, 0.2) is 5.65 Å². The van der Waals surface area contributed by atoms with Crippen LogP contribution >= 0.6 is 11.6 Å². The maximum absolute atomic E-state index is 13.0. The Balaban J connectivity index is 1.36. The highest BCUT2D eigenvalue weighted by molar-refractivity contribution is 6.31. The largest absolute Gasteiger partial charge is 0.421 e. The number of alkyl halides is 3. The van der Waals surface area contributed by atoms with Crippen molar-refractivity contribution in [3.05, 3.63) is 70.8 Å². The zero-order chi connectivity index (χ0) is 21.1. The average Bonchev–Trinajstić information content (AvgIpc) is 3.19. The number of aryl methyl sites for hydroxylation is 2. The van der Waals surface area contributed by atoms with Crippen molar-refractivity contribution in [3.63, 3.8) is 0 Å². The van der Waals surface area contributed by atoms with Crippen LogP contribution in [0, 0.1) is 0 Å². The molecular weight excluding hydrogens is 417 g/mol. The van der Waals surface area contributed by atoms with Gasteiger partial charge in [0, 0.05) is 29.3 Å². The van der Waals surface area contributed by atoms with Crippen LogP contribution in [0.25, 0.3) is 22.5 Å². The Kier molecular flexibility index (Phi) is 5.67. The summed E-state index contributed by atoms with van der Waals surface area (Å²) in [6.07, 6.45) is 0.0886. The molecule has 9 heteroatoms. The normalized spacial score (nSPS) is 11.9. The van der Waals surface area contributed by atoms with E-state index in [2.05, 4.69) is 20.2 Å². The molecule has 30 heavy (non-hydrogen) atoms. The average molecular weight is 433 g/mol. The molecule has 0 amide bonds. The predicted molar refractivity (Wildman–Crippen MR) is 106 cm³/mol. The Morgan fingerprint density at radius 1 is 0.967 bits per heavy atom.